The lowest BCUT2D eigenvalue weighted by Crippen LogP contribution is -2.40. The van der Waals surface area contributed by atoms with Crippen molar-refractivity contribution in [1.29, 1.82) is 0 Å². The minimum absolute atomic E-state index is 0.0843. The molecule has 1 rings (SSSR count). The maximum atomic E-state index is 11.6. The lowest BCUT2D eigenvalue weighted by atomic mass is 10.1. The third-order valence-electron chi connectivity index (χ3n) is 2.78. The maximum absolute atomic E-state index is 11.6. The van der Waals surface area contributed by atoms with Gasteiger partial charge >= 0.3 is 5.97 Å². The number of hydrogen-bond acceptors (Lipinski definition) is 4. The molecule has 0 radical (unpaired) electrons. The van der Waals surface area contributed by atoms with Gasteiger partial charge in [-0.25, -0.2) is 0 Å². The Morgan fingerprint density at radius 3 is 3.00 bits per heavy atom. The number of rotatable bonds is 5. The summed E-state index contributed by atoms with van der Waals surface area (Å²) >= 11 is 0. The first-order chi connectivity index (χ1) is 7.19. The first-order valence-corrected chi connectivity index (χ1v) is 5.70. The molecule has 0 aromatic rings. The number of aliphatic hydroxyl groups excluding tert-OH is 1. The summed E-state index contributed by atoms with van der Waals surface area (Å²) in [4.78, 5) is 13.7. The predicted molar refractivity (Wildman–Crippen MR) is 57.5 cm³/mol. The van der Waals surface area contributed by atoms with Crippen molar-refractivity contribution in [3.05, 3.63) is 0 Å². The van der Waals surface area contributed by atoms with E-state index in [4.69, 9.17) is 9.84 Å². The zero-order chi connectivity index (χ0) is 11.3. The van der Waals surface area contributed by atoms with Gasteiger partial charge in [0.1, 0.15) is 6.04 Å². The van der Waals surface area contributed by atoms with Crippen molar-refractivity contribution in [2.75, 3.05) is 26.3 Å². The van der Waals surface area contributed by atoms with Crippen LogP contribution in [0.15, 0.2) is 0 Å². The van der Waals surface area contributed by atoms with Gasteiger partial charge in [0.15, 0.2) is 0 Å². The molecule has 1 aliphatic heterocycles. The van der Waals surface area contributed by atoms with Crippen LogP contribution >= 0.6 is 0 Å². The quantitative estimate of drug-likeness (QED) is 0.684. The van der Waals surface area contributed by atoms with Crippen LogP contribution in [0, 0.1) is 5.92 Å². The molecule has 0 bridgehead atoms. The van der Waals surface area contributed by atoms with Gasteiger partial charge in [-0.05, 0) is 32.2 Å². The van der Waals surface area contributed by atoms with Gasteiger partial charge in [0, 0.05) is 13.2 Å². The number of carbonyl (C=O) groups is 1. The molecule has 0 spiro atoms. The second-order valence-electron chi connectivity index (χ2n) is 4.19. The highest BCUT2D eigenvalue weighted by molar-refractivity contribution is 5.76. The van der Waals surface area contributed by atoms with Crippen LogP contribution in [-0.4, -0.2) is 48.3 Å². The average Bonchev–Trinajstić information content (AvgIpc) is 2.66. The summed E-state index contributed by atoms with van der Waals surface area (Å²) < 4.78 is 5.03. The Kier molecular flexibility index (Phi) is 5.05. The Bertz CT molecular complexity index is 208. The fourth-order valence-corrected chi connectivity index (χ4v) is 2.01. The van der Waals surface area contributed by atoms with Crippen molar-refractivity contribution in [3.63, 3.8) is 0 Å². The minimum Gasteiger partial charge on any atom is -0.465 e. The Labute approximate surface area is 91.2 Å². The van der Waals surface area contributed by atoms with E-state index >= 15 is 0 Å². The number of likely N-dealkylation sites (tertiary alicyclic amines) is 1. The molecule has 0 aliphatic carbocycles. The van der Waals surface area contributed by atoms with Gasteiger partial charge < -0.3 is 9.84 Å². The Morgan fingerprint density at radius 2 is 2.40 bits per heavy atom. The topological polar surface area (TPSA) is 49.8 Å². The molecule has 1 saturated heterocycles. The van der Waals surface area contributed by atoms with Gasteiger partial charge in [0.25, 0.3) is 0 Å². The highest BCUT2D eigenvalue weighted by atomic mass is 16.5. The fourth-order valence-electron chi connectivity index (χ4n) is 2.01. The van der Waals surface area contributed by atoms with Crippen LogP contribution in [0.5, 0.6) is 0 Å². The van der Waals surface area contributed by atoms with Crippen LogP contribution < -0.4 is 0 Å². The number of esters is 1. The standard InChI is InChI=1S/C11H21NO3/c1-3-15-11(14)10-5-4-6-12(10)7-9(2)8-13/h9-10,13H,3-8H2,1-2H3. The summed E-state index contributed by atoms with van der Waals surface area (Å²) in [7, 11) is 0. The summed E-state index contributed by atoms with van der Waals surface area (Å²) in [6.07, 6.45) is 1.93. The smallest absolute Gasteiger partial charge is 0.323 e. The van der Waals surface area contributed by atoms with Gasteiger partial charge in [-0.15, -0.1) is 0 Å². The third-order valence-corrected chi connectivity index (χ3v) is 2.78. The monoisotopic (exact) mass is 215 g/mol. The Morgan fingerprint density at radius 1 is 1.67 bits per heavy atom. The second kappa shape index (κ2) is 6.08. The van der Waals surface area contributed by atoms with Crippen molar-refractivity contribution in [2.45, 2.75) is 32.7 Å². The minimum atomic E-state index is -0.111. The van der Waals surface area contributed by atoms with Gasteiger partial charge in [-0.3, -0.25) is 9.69 Å². The number of carbonyl (C=O) groups excluding carboxylic acids is 1. The molecule has 0 saturated carbocycles. The van der Waals surface area contributed by atoms with Crippen molar-refractivity contribution < 1.29 is 14.6 Å². The highest BCUT2D eigenvalue weighted by Crippen LogP contribution is 2.19. The highest BCUT2D eigenvalue weighted by Gasteiger charge is 2.32. The average molecular weight is 215 g/mol. The van der Waals surface area contributed by atoms with Crippen LogP contribution in [-0.2, 0) is 9.53 Å². The summed E-state index contributed by atoms with van der Waals surface area (Å²) in [6, 6.07) is -0.0843. The second-order valence-corrected chi connectivity index (χ2v) is 4.19. The van der Waals surface area contributed by atoms with E-state index in [0.29, 0.717) is 6.61 Å². The first kappa shape index (κ1) is 12.5. The largest absolute Gasteiger partial charge is 0.465 e. The SMILES string of the molecule is CCOC(=O)C1CCCN1CC(C)CO. The molecule has 0 aromatic heterocycles. The normalized spacial score (nSPS) is 24.1. The number of aliphatic hydroxyl groups is 1. The molecule has 88 valence electrons. The fraction of sp³-hybridized carbons (Fsp3) is 0.909. The van der Waals surface area contributed by atoms with Crippen LogP contribution in [0.25, 0.3) is 0 Å². The first-order valence-electron chi connectivity index (χ1n) is 5.70. The van der Waals surface area contributed by atoms with E-state index in [9.17, 15) is 4.79 Å². The molecule has 1 aliphatic rings. The molecule has 1 heterocycles. The summed E-state index contributed by atoms with van der Waals surface area (Å²) in [6.45, 7) is 6.15. The van der Waals surface area contributed by atoms with Crippen molar-refractivity contribution in [1.82, 2.24) is 4.90 Å². The van der Waals surface area contributed by atoms with Crippen molar-refractivity contribution >= 4 is 5.97 Å². The van der Waals surface area contributed by atoms with Gasteiger partial charge in [-0.2, -0.15) is 0 Å². The zero-order valence-electron chi connectivity index (χ0n) is 9.61. The number of hydrogen-bond donors (Lipinski definition) is 1. The third kappa shape index (κ3) is 3.47. The van der Waals surface area contributed by atoms with Crippen LogP contribution in [0.4, 0.5) is 0 Å². The van der Waals surface area contributed by atoms with E-state index < -0.39 is 0 Å². The van der Waals surface area contributed by atoms with Gasteiger partial charge in [0.2, 0.25) is 0 Å². The van der Waals surface area contributed by atoms with Gasteiger partial charge in [-0.1, -0.05) is 6.92 Å². The predicted octanol–water partition coefficient (Wildman–Crippen LogP) is 0.642. The van der Waals surface area contributed by atoms with E-state index in [1.807, 2.05) is 13.8 Å². The molecule has 1 N–H and O–H groups in total. The van der Waals surface area contributed by atoms with Crippen LogP contribution in [0.1, 0.15) is 26.7 Å². The molecule has 0 amide bonds. The number of ether oxygens (including phenoxy) is 1. The van der Waals surface area contributed by atoms with E-state index in [1.54, 1.807) is 0 Å². The molecule has 2 unspecified atom stereocenters. The maximum Gasteiger partial charge on any atom is 0.323 e. The van der Waals surface area contributed by atoms with Gasteiger partial charge in [0.05, 0.1) is 6.61 Å². The van der Waals surface area contributed by atoms with E-state index in [0.717, 1.165) is 25.9 Å². The van der Waals surface area contributed by atoms with E-state index in [-0.39, 0.29) is 24.5 Å². The molecule has 4 heteroatoms. The summed E-state index contributed by atoms with van der Waals surface area (Å²) in [5, 5.41) is 8.98. The molecule has 2 atom stereocenters. The van der Waals surface area contributed by atoms with Crippen molar-refractivity contribution in [3.8, 4) is 0 Å². The number of nitrogens with zero attached hydrogens (tertiary/aromatic N) is 1. The van der Waals surface area contributed by atoms with Crippen LogP contribution in [0.2, 0.25) is 0 Å². The molecule has 4 nitrogen and oxygen atoms in total. The van der Waals surface area contributed by atoms with Crippen molar-refractivity contribution in [2.24, 2.45) is 5.92 Å². The Balaban J connectivity index is 2.45. The summed E-state index contributed by atoms with van der Waals surface area (Å²) in [5.41, 5.74) is 0. The molecular weight excluding hydrogens is 194 g/mol. The lowest BCUT2D eigenvalue weighted by molar-refractivity contribution is -0.148. The molecule has 15 heavy (non-hydrogen) atoms. The van der Waals surface area contributed by atoms with Crippen LogP contribution in [0.3, 0.4) is 0 Å². The molecular formula is C11H21NO3. The Hall–Kier alpha value is -0.610. The lowest BCUT2D eigenvalue weighted by Gasteiger charge is -2.25. The summed E-state index contributed by atoms with van der Waals surface area (Å²) in [5.74, 6) is 0.111. The molecule has 1 fully saturated rings. The molecule has 0 aromatic carbocycles. The zero-order valence-corrected chi connectivity index (χ0v) is 9.61. The van der Waals surface area contributed by atoms with E-state index in [2.05, 4.69) is 4.90 Å². The van der Waals surface area contributed by atoms with E-state index in [1.165, 1.54) is 0 Å².